The number of nitrogens with zero attached hydrogens (tertiary/aromatic N) is 1. The van der Waals surface area contributed by atoms with Crippen molar-refractivity contribution >= 4 is 35.3 Å². The number of aromatic nitrogens is 1. The molecule has 4 rings (SSSR count). The van der Waals surface area contributed by atoms with Gasteiger partial charge in [-0.05, 0) is 63.1 Å². The monoisotopic (exact) mass is 502 g/mol. The van der Waals surface area contributed by atoms with Gasteiger partial charge in [-0.3, -0.25) is 14.7 Å². The summed E-state index contributed by atoms with van der Waals surface area (Å²) in [7, 11) is -3.90. The Morgan fingerprint density at radius 1 is 1.12 bits per heavy atom. The van der Waals surface area contributed by atoms with E-state index in [4.69, 9.17) is 14.0 Å². The average molecular weight is 503 g/mol. The highest BCUT2D eigenvalue weighted by atomic mass is 32.1. The van der Waals surface area contributed by atoms with E-state index in [9.17, 15) is 14.3 Å². The van der Waals surface area contributed by atoms with Crippen LogP contribution in [-0.2, 0) is 9.09 Å². The summed E-state index contributed by atoms with van der Waals surface area (Å²) >= 11 is 1.32. The molecule has 0 saturated heterocycles. The zero-order valence-electron chi connectivity index (χ0n) is 19.0. The van der Waals surface area contributed by atoms with Crippen molar-refractivity contribution in [2.24, 2.45) is 0 Å². The molecule has 1 heterocycles. The van der Waals surface area contributed by atoms with E-state index in [0.717, 1.165) is 25.7 Å². The average Bonchev–Trinajstić information content (AvgIpc) is 3.47. The molecule has 1 atom stereocenters. The number of rotatable bonds is 9. The summed E-state index contributed by atoms with van der Waals surface area (Å²) in [6, 6.07) is 11.2. The van der Waals surface area contributed by atoms with E-state index in [0.29, 0.717) is 27.9 Å². The summed E-state index contributed by atoms with van der Waals surface area (Å²) in [5.74, 6) is 0.982. The molecule has 2 N–H and O–H groups in total. The highest BCUT2D eigenvalue weighted by molar-refractivity contribution is 7.61. The van der Waals surface area contributed by atoms with Gasteiger partial charge in [0.1, 0.15) is 17.2 Å². The van der Waals surface area contributed by atoms with Gasteiger partial charge in [0.2, 0.25) is 0 Å². The summed E-state index contributed by atoms with van der Waals surface area (Å²) in [5, 5.41) is 5.23. The lowest BCUT2D eigenvalue weighted by Gasteiger charge is -2.17. The fourth-order valence-electron chi connectivity index (χ4n) is 3.65. The van der Waals surface area contributed by atoms with Crippen LogP contribution >= 0.6 is 18.9 Å². The maximum absolute atomic E-state index is 12.7. The summed E-state index contributed by atoms with van der Waals surface area (Å²) < 4.78 is 29.9. The molecule has 34 heavy (non-hydrogen) atoms. The SMILES string of the molecule is CC(C)Oc1cc(Oc2ccc(P(=O)(O)OC3CCCC3)cc2)cc(C(=O)Nc2nccs2)c1. The maximum Gasteiger partial charge on any atom is 0.359 e. The second kappa shape index (κ2) is 10.7. The molecule has 1 aliphatic rings. The molecule has 0 spiro atoms. The minimum Gasteiger partial charge on any atom is -0.491 e. The topological polar surface area (TPSA) is 107 Å². The number of anilines is 1. The molecule has 8 nitrogen and oxygen atoms in total. The third kappa shape index (κ3) is 6.45. The Labute approximate surface area is 202 Å². The lowest BCUT2D eigenvalue weighted by atomic mass is 10.2. The Kier molecular flexibility index (Phi) is 7.68. The van der Waals surface area contributed by atoms with Crippen LogP contribution < -0.4 is 20.1 Å². The Morgan fingerprint density at radius 2 is 1.82 bits per heavy atom. The summed E-state index contributed by atoms with van der Waals surface area (Å²) in [6.07, 6.45) is 4.98. The summed E-state index contributed by atoms with van der Waals surface area (Å²) in [4.78, 5) is 27.2. The zero-order chi connectivity index (χ0) is 24.1. The Balaban J connectivity index is 1.51. The number of hydrogen-bond donors (Lipinski definition) is 2. The van der Waals surface area contributed by atoms with Gasteiger partial charge < -0.3 is 18.9 Å². The van der Waals surface area contributed by atoms with Gasteiger partial charge in [0.15, 0.2) is 5.13 Å². The first-order chi connectivity index (χ1) is 16.3. The third-order valence-electron chi connectivity index (χ3n) is 5.16. The number of amides is 1. The standard InChI is InChI=1S/C24H27N2O6PS/c1-16(2)30-20-13-17(23(27)26-24-25-11-12-34-24)14-21(15-20)31-18-7-9-22(10-8-18)33(28,29)32-19-5-3-4-6-19/h7-16,19H,3-6H2,1-2H3,(H,28,29)(H,25,26,27). The number of thiazole rings is 1. The van der Waals surface area contributed by atoms with Gasteiger partial charge in [-0.1, -0.05) is 12.8 Å². The molecule has 0 aliphatic heterocycles. The molecule has 180 valence electrons. The van der Waals surface area contributed by atoms with Crippen LogP contribution in [0, 0.1) is 0 Å². The number of carbonyl (C=O) groups is 1. The Hall–Kier alpha value is -2.71. The van der Waals surface area contributed by atoms with Crippen molar-refractivity contribution in [2.75, 3.05) is 5.32 Å². The van der Waals surface area contributed by atoms with Gasteiger partial charge in [0, 0.05) is 23.2 Å². The van der Waals surface area contributed by atoms with Crippen LogP contribution in [0.3, 0.4) is 0 Å². The fraction of sp³-hybridized carbons (Fsp3) is 0.333. The molecule has 1 saturated carbocycles. The molecule has 2 aromatic carbocycles. The Bertz CT molecular complexity index is 1160. The van der Waals surface area contributed by atoms with Gasteiger partial charge in [-0.2, -0.15) is 0 Å². The first-order valence-electron chi connectivity index (χ1n) is 11.1. The highest BCUT2D eigenvalue weighted by Crippen LogP contribution is 2.45. The van der Waals surface area contributed by atoms with Gasteiger partial charge >= 0.3 is 7.60 Å². The van der Waals surface area contributed by atoms with Crippen LogP contribution in [0.5, 0.6) is 17.2 Å². The van der Waals surface area contributed by atoms with Gasteiger partial charge in [0.25, 0.3) is 5.91 Å². The number of ether oxygens (including phenoxy) is 2. The predicted molar refractivity (Wildman–Crippen MR) is 132 cm³/mol. The van der Waals surface area contributed by atoms with Crippen molar-refractivity contribution in [3.8, 4) is 17.2 Å². The van der Waals surface area contributed by atoms with Crippen molar-refractivity contribution in [3.63, 3.8) is 0 Å². The zero-order valence-corrected chi connectivity index (χ0v) is 20.7. The van der Waals surface area contributed by atoms with Crippen molar-refractivity contribution in [2.45, 2.75) is 51.7 Å². The molecular formula is C24H27N2O6PS. The van der Waals surface area contributed by atoms with Crippen LogP contribution in [0.25, 0.3) is 0 Å². The van der Waals surface area contributed by atoms with E-state index in [1.54, 1.807) is 41.9 Å². The van der Waals surface area contributed by atoms with Crippen LogP contribution in [-0.4, -0.2) is 28.0 Å². The minimum atomic E-state index is -3.90. The van der Waals surface area contributed by atoms with Crippen LogP contribution in [0.4, 0.5) is 5.13 Å². The molecule has 10 heteroatoms. The second-order valence-electron chi connectivity index (χ2n) is 8.28. The van der Waals surface area contributed by atoms with Crippen molar-refractivity contribution in [3.05, 3.63) is 59.6 Å². The number of nitrogens with one attached hydrogen (secondary N) is 1. The molecule has 1 aliphatic carbocycles. The largest absolute Gasteiger partial charge is 0.491 e. The Morgan fingerprint density at radius 3 is 2.47 bits per heavy atom. The molecule has 1 fully saturated rings. The molecular weight excluding hydrogens is 475 g/mol. The quantitative estimate of drug-likeness (QED) is 0.359. The van der Waals surface area contributed by atoms with Crippen LogP contribution in [0.2, 0.25) is 0 Å². The van der Waals surface area contributed by atoms with Crippen molar-refractivity contribution < 1.29 is 28.3 Å². The third-order valence-corrected chi connectivity index (χ3v) is 7.38. The molecule has 0 radical (unpaired) electrons. The van der Waals surface area contributed by atoms with Gasteiger partial charge in [-0.25, -0.2) is 4.98 Å². The van der Waals surface area contributed by atoms with Crippen LogP contribution in [0.15, 0.2) is 54.0 Å². The summed E-state index contributed by atoms with van der Waals surface area (Å²) in [6.45, 7) is 3.78. The van der Waals surface area contributed by atoms with Gasteiger partial charge in [0.05, 0.1) is 17.5 Å². The molecule has 1 unspecified atom stereocenters. The highest BCUT2D eigenvalue weighted by Gasteiger charge is 2.29. The normalized spacial score (nSPS) is 15.8. The molecule has 1 aromatic heterocycles. The van der Waals surface area contributed by atoms with Crippen LogP contribution in [0.1, 0.15) is 49.9 Å². The first-order valence-corrected chi connectivity index (χ1v) is 13.6. The summed E-state index contributed by atoms with van der Waals surface area (Å²) in [5.41, 5.74) is 0.352. The molecule has 3 aromatic rings. The lowest BCUT2D eigenvalue weighted by Crippen LogP contribution is -2.13. The van der Waals surface area contributed by atoms with Crippen molar-refractivity contribution in [1.82, 2.24) is 4.98 Å². The second-order valence-corrected chi connectivity index (χ2v) is 10.9. The lowest BCUT2D eigenvalue weighted by molar-refractivity contribution is 0.102. The van der Waals surface area contributed by atoms with E-state index in [1.807, 2.05) is 13.8 Å². The van der Waals surface area contributed by atoms with E-state index >= 15 is 0 Å². The minimum absolute atomic E-state index is 0.0945. The molecule has 1 amide bonds. The van der Waals surface area contributed by atoms with E-state index in [-0.39, 0.29) is 23.4 Å². The predicted octanol–water partition coefficient (Wildman–Crippen LogP) is 5.74. The van der Waals surface area contributed by atoms with E-state index in [2.05, 4.69) is 10.3 Å². The number of hydrogen-bond acceptors (Lipinski definition) is 7. The number of carbonyl (C=O) groups excluding carboxylic acids is 1. The first kappa shape index (κ1) is 24.4. The van der Waals surface area contributed by atoms with Gasteiger partial charge in [-0.15, -0.1) is 11.3 Å². The fourth-order valence-corrected chi connectivity index (χ4v) is 5.44. The number of benzene rings is 2. The molecule has 0 bridgehead atoms. The van der Waals surface area contributed by atoms with Crippen molar-refractivity contribution in [1.29, 1.82) is 0 Å². The maximum atomic E-state index is 12.7. The van der Waals surface area contributed by atoms with E-state index in [1.165, 1.54) is 23.5 Å². The smallest absolute Gasteiger partial charge is 0.359 e. The van der Waals surface area contributed by atoms with E-state index < -0.39 is 7.60 Å².